The van der Waals surface area contributed by atoms with Gasteiger partial charge >= 0.3 is 13.8 Å². The van der Waals surface area contributed by atoms with Crippen LogP contribution in [-0.4, -0.2) is 96.9 Å². The Bertz CT molecular complexity index is 389. The summed E-state index contributed by atoms with van der Waals surface area (Å²) < 4.78 is 19.3. The van der Waals surface area contributed by atoms with E-state index in [0.717, 1.165) is 0 Å². The van der Waals surface area contributed by atoms with Crippen LogP contribution in [0, 0.1) is 0 Å². The summed E-state index contributed by atoms with van der Waals surface area (Å²) >= 11 is 0. The number of aliphatic hydroxyl groups is 7. The topological polar surface area (TPSA) is 214 Å². The largest absolute Gasteiger partial charge is 0.529 e. The molecule has 0 radical (unpaired) electrons. The zero-order chi connectivity index (χ0) is 17.5. The average molecular weight is 350 g/mol. The van der Waals surface area contributed by atoms with Gasteiger partial charge in [-0.05, 0) is 0 Å². The van der Waals surface area contributed by atoms with Gasteiger partial charge in [0, 0.05) is 0 Å². The number of phosphoric ester groups is 1. The molecule has 0 aliphatic rings. The van der Waals surface area contributed by atoms with E-state index in [1.807, 2.05) is 0 Å². The molecule has 0 saturated carbocycles. The molecule has 13 heteroatoms. The number of carbonyl (C=O) groups is 1. The lowest BCUT2D eigenvalue weighted by atomic mass is 10.0. The highest BCUT2D eigenvalue weighted by molar-refractivity contribution is 7.48. The van der Waals surface area contributed by atoms with Gasteiger partial charge in [0.25, 0.3) is 0 Å². The second-order valence-electron chi connectivity index (χ2n) is 4.19. The molecule has 6 atom stereocenters. The highest BCUT2D eigenvalue weighted by Gasteiger charge is 2.38. The molecular formula is C9H19O12P. The molecule has 0 aliphatic heterocycles. The first kappa shape index (κ1) is 21.3. The van der Waals surface area contributed by atoms with Crippen LogP contribution in [0.25, 0.3) is 0 Å². The lowest BCUT2D eigenvalue weighted by molar-refractivity contribution is -0.163. The zero-order valence-electron chi connectivity index (χ0n) is 11.2. The molecule has 12 nitrogen and oxygen atoms in total. The predicted octanol–water partition coefficient (Wildman–Crippen LogP) is -4.56. The minimum absolute atomic E-state index is 0.791. The minimum atomic E-state index is -5.06. The van der Waals surface area contributed by atoms with E-state index in [0.29, 0.717) is 0 Å². The Morgan fingerprint density at radius 1 is 1.00 bits per heavy atom. The van der Waals surface area contributed by atoms with Gasteiger partial charge in [-0.15, -0.1) is 0 Å². The Balaban J connectivity index is 4.59. The monoisotopic (exact) mass is 350 g/mol. The standard InChI is InChI=1S/C9H19O12P/c10-1-4(12)3-20-22(18,19)21-9(17)8(16)7(15)6(14)5(13)2-11/h4-8,10-16H,1-3H2,(H,18,19)/t4?,5-,6-,7+,8-/m1/s1. The summed E-state index contributed by atoms with van der Waals surface area (Å²) in [6.45, 7) is -2.64. The summed E-state index contributed by atoms with van der Waals surface area (Å²) in [6, 6.07) is 0. The molecule has 132 valence electrons. The van der Waals surface area contributed by atoms with Crippen molar-refractivity contribution in [3.63, 3.8) is 0 Å². The molecule has 2 unspecified atom stereocenters. The van der Waals surface area contributed by atoms with Crippen LogP contribution in [0.15, 0.2) is 0 Å². The van der Waals surface area contributed by atoms with Crippen molar-refractivity contribution in [1.82, 2.24) is 0 Å². The first-order chi connectivity index (χ1) is 10.1. The van der Waals surface area contributed by atoms with Crippen molar-refractivity contribution in [2.24, 2.45) is 0 Å². The zero-order valence-corrected chi connectivity index (χ0v) is 12.1. The molecular weight excluding hydrogens is 331 g/mol. The van der Waals surface area contributed by atoms with Crippen molar-refractivity contribution in [1.29, 1.82) is 0 Å². The van der Waals surface area contributed by atoms with Crippen LogP contribution >= 0.6 is 7.82 Å². The summed E-state index contributed by atoms with van der Waals surface area (Å²) in [5.41, 5.74) is 0. The number of hydrogen-bond donors (Lipinski definition) is 8. The van der Waals surface area contributed by atoms with Crippen LogP contribution in [0.1, 0.15) is 0 Å². The molecule has 0 rings (SSSR count). The maximum absolute atomic E-state index is 11.3. The molecule has 0 bridgehead atoms. The summed E-state index contributed by atoms with van der Waals surface area (Å²) in [4.78, 5) is 20.4. The Morgan fingerprint density at radius 2 is 1.55 bits per heavy atom. The summed E-state index contributed by atoms with van der Waals surface area (Å²) in [5, 5.41) is 62.9. The molecule has 0 aliphatic carbocycles. The summed E-state index contributed by atoms with van der Waals surface area (Å²) in [6.07, 6.45) is -10.4. The maximum Gasteiger partial charge on any atom is 0.529 e. The van der Waals surface area contributed by atoms with E-state index in [-0.39, 0.29) is 0 Å². The summed E-state index contributed by atoms with van der Waals surface area (Å²) in [7, 11) is -5.06. The normalized spacial score (nSPS) is 21.3. The van der Waals surface area contributed by atoms with Crippen molar-refractivity contribution < 1.29 is 59.0 Å². The maximum atomic E-state index is 11.3. The van der Waals surface area contributed by atoms with Gasteiger partial charge in [-0.2, -0.15) is 0 Å². The Morgan fingerprint density at radius 3 is 2.00 bits per heavy atom. The quantitative estimate of drug-likeness (QED) is 0.175. The fourth-order valence-corrected chi connectivity index (χ4v) is 1.84. The third kappa shape index (κ3) is 7.07. The predicted molar refractivity (Wildman–Crippen MR) is 66.1 cm³/mol. The molecule has 0 spiro atoms. The highest BCUT2D eigenvalue weighted by Crippen LogP contribution is 2.43. The first-order valence-electron chi connectivity index (χ1n) is 5.88. The van der Waals surface area contributed by atoms with Crippen LogP contribution in [-0.2, 0) is 18.4 Å². The van der Waals surface area contributed by atoms with E-state index in [4.69, 9.17) is 25.3 Å². The SMILES string of the molecule is O=C(OP(=O)(O)OCC(O)CO)[C@H](O)[C@@H](O)[C@H](O)[C@H](O)CO. The number of rotatable bonds is 10. The van der Waals surface area contributed by atoms with Gasteiger partial charge in [0.05, 0.1) is 19.8 Å². The molecule has 0 heterocycles. The van der Waals surface area contributed by atoms with E-state index in [2.05, 4.69) is 9.05 Å². The fraction of sp³-hybridized carbons (Fsp3) is 0.889. The van der Waals surface area contributed by atoms with Crippen LogP contribution in [0.2, 0.25) is 0 Å². The summed E-state index contributed by atoms with van der Waals surface area (Å²) in [5.74, 6) is -1.86. The van der Waals surface area contributed by atoms with Crippen molar-refractivity contribution in [2.75, 3.05) is 19.8 Å². The van der Waals surface area contributed by atoms with Crippen LogP contribution in [0.5, 0.6) is 0 Å². The van der Waals surface area contributed by atoms with E-state index in [1.54, 1.807) is 0 Å². The molecule has 0 saturated heterocycles. The van der Waals surface area contributed by atoms with E-state index < -0.39 is 64.1 Å². The smallest absolute Gasteiger partial charge is 0.394 e. The van der Waals surface area contributed by atoms with Crippen LogP contribution < -0.4 is 0 Å². The molecule has 0 fully saturated rings. The molecule has 0 amide bonds. The van der Waals surface area contributed by atoms with Gasteiger partial charge in [0.15, 0.2) is 6.10 Å². The number of phosphoric acid groups is 1. The second kappa shape index (κ2) is 9.47. The Hall–Kier alpha value is -0.660. The second-order valence-corrected chi connectivity index (χ2v) is 5.56. The lowest BCUT2D eigenvalue weighted by Crippen LogP contribution is -2.49. The van der Waals surface area contributed by atoms with Gasteiger partial charge in [-0.1, -0.05) is 0 Å². The van der Waals surface area contributed by atoms with Gasteiger partial charge in [0.1, 0.15) is 24.4 Å². The fourth-order valence-electron chi connectivity index (χ4n) is 1.09. The molecule has 8 N–H and O–H groups in total. The highest BCUT2D eigenvalue weighted by atomic mass is 31.2. The van der Waals surface area contributed by atoms with Crippen LogP contribution in [0.3, 0.4) is 0 Å². The minimum Gasteiger partial charge on any atom is -0.394 e. The number of carbonyl (C=O) groups excluding carboxylic acids is 1. The first-order valence-corrected chi connectivity index (χ1v) is 7.38. The third-order valence-corrected chi connectivity index (χ3v) is 3.23. The lowest BCUT2D eigenvalue weighted by Gasteiger charge is -2.24. The third-order valence-electron chi connectivity index (χ3n) is 2.34. The van der Waals surface area contributed by atoms with Crippen LogP contribution in [0.4, 0.5) is 0 Å². The molecule has 0 aromatic rings. The molecule has 0 aromatic heterocycles. The van der Waals surface area contributed by atoms with E-state index in [9.17, 15) is 24.7 Å². The molecule has 22 heavy (non-hydrogen) atoms. The number of hydrogen-bond acceptors (Lipinski definition) is 11. The number of aliphatic hydroxyl groups excluding tert-OH is 7. The van der Waals surface area contributed by atoms with E-state index >= 15 is 0 Å². The average Bonchev–Trinajstić information content (AvgIpc) is 2.48. The van der Waals surface area contributed by atoms with Crippen molar-refractivity contribution >= 4 is 13.8 Å². The van der Waals surface area contributed by atoms with Gasteiger partial charge < -0.3 is 40.3 Å². The molecule has 0 aromatic carbocycles. The Labute approximate surface area is 124 Å². The van der Waals surface area contributed by atoms with Crippen molar-refractivity contribution in [3.05, 3.63) is 0 Å². The van der Waals surface area contributed by atoms with Gasteiger partial charge in [-0.3, -0.25) is 9.42 Å². The van der Waals surface area contributed by atoms with E-state index in [1.165, 1.54) is 0 Å². The van der Waals surface area contributed by atoms with Crippen molar-refractivity contribution in [2.45, 2.75) is 30.5 Å². The van der Waals surface area contributed by atoms with Crippen molar-refractivity contribution in [3.8, 4) is 0 Å². The van der Waals surface area contributed by atoms with Gasteiger partial charge in [0.2, 0.25) is 0 Å². The Kier molecular flexibility index (Phi) is 9.19. The van der Waals surface area contributed by atoms with Gasteiger partial charge in [-0.25, -0.2) is 9.36 Å².